The standard InChI is InChI=1S/C10H12N4O2/c11-3-1-8-13-9(10(15)16)7-5-6(12)2-4-14(7)8/h2,4-5H,1,3,11-12H2,(H,15,16). The van der Waals surface area contributed by atoms with Crippen LogP contribution >= 0.6 is 0 Å². The molecule has 0 fully saturated rings. The number of nitrogen functional groups attached to an aromatic ring is 1. The Morgan fingerprint density at radius 2 is 2.31 bits per heavy atom. The summed E-state index contributed by atoms with van der Waals surface area (Å²) < 4.78 is 1.70. The van der Waals surface area contributed by atoms with Gasteiger partial charge >= 0.3 is 5.97 Å². The normalized spacial score (nSPS) is 10.8. The molecule has 0 aromatic carbocycles. The van der Waals surface area contributed by atoms with Crippen LogP contribution in [0.5, 0.6) is 0 Å². The summed E-state index contributed by atoms with van der Waals surface area (Å²) in [6.07, 6.45) is 2.23. The number of hydrogen-bond donors (Lipinski definition) is 3. The third-order valence-corrected chi connectivity index (χ3v) is 2.31. The van der Waals surface area contributed by atoms with Crippen LogP contribution in [0.15, 0.2) is 18.3 Å². The Morgan fingerprint density at radius 3 is 2.94 bits per heavy atom. The number of anilines is 1. The van der Waals surface area contributed by atoms with E-state index < -0.39 is 5.97 Å². The number of fused-ring (bicyclic) bond motifs is 1. The molecular formula is C10H12N4O2. The monoisotopic (exact) mass is 220 g/mol. The summed E-state index contributed by atoms with van der Waals surface area (Å²) in [4.78, 5) is 15.0. The largest absolute Gasteiger partial charge is 0.476 e. The van der Waals surface area contributed by atoms with E-state index in [4.69, 9.17) is 16.6 Å². The van der Waals surface area contributed by atoms with Crippen molar-refractivity contribution in [2.24, 2.45) is 5.73 Å². The van der Waals surface area contributed by atoms with Crippen molar-refractivity contribution in [3.8, 4) is 0 Å². The van der Waals surface area contributed by atoms with Crippen LogP contribution in [0.3, 0.4) is 0 Å². The highest BCUT2D eigenvalue weighted by Gasteiger charge is 2.15. The Hall–Kier alpha value is -2.08. The predicted octanol–water partition coefficient (Wildman–Crippen LogP) is 0.116. The van der Waals surface area contributed by atoms with E-state index in [1.165, 1.54) is 0 Å². The van der Waals surface area contributed by atoms with Gasteiger partial charge in [-0.05, 0) is 18.7 Å². The van der Waals surface area contributed by atoms with Crippen LogP contribution in [0.4, 0.5) is 5.69 Å². The van der Waals surface area contributed by atoms with Gasteiger partial charge in [0.2, 0.25) is 0 Å². The maximum absolute atomic E-state index is 11.0. The molecule has 6 heteroatoms. The smallest absolute Gasteiger partial charge is 0.356 e. The van der Waals surface area contributed by atoms with Gasteiger partial charge in [-0.25, -0.2) is 9.78 Å². The number of imidazole rings is 1. The summed E-state index contributed by atoms with van der Waals surface area (Å²) in [6.45, 7) is 0.419. The Balaban J connectivity index is 2.71. The quantitative estimate of drug-likeness (QED) is 0.680. The first kappa shape index (κ1) is 10.4. The summed E-state index contributed by atoms with van der Waals surface area (Å²) >= 11 is 0. The average molecular weight is 220 g/mol. The first-order valence-corrected chi connectivity index (χ1v) is 4.83. The number of aromatic nitrogens is 2. The van der Waals surface area contributed by atoms with E-state index in [-0.39, 0.29) is 5.69 Å². The van der Waals surface area contributed by atoms with Gasteiger partial charge in [-0.15, -0.1) is 0 Å². The molecule has 0 unspecified atom stereocenters. The highest BCUT2D eigenvalue weighted by molar-refractivity contribution is 5.94. The minimum atomic E-state index is -1.06. The molecule has 0 aliphatic carbocycles. The maximum atomic E-state index is 11.0. The molecule has 0 saturated heterocycles. The number of nitrogens with two attached hydrogens (primary N) is 2. The lowest BCUT2D eigenvalue weighted by atomic mass is 10.3. The van der Waals surface area contributed by atoms with Crippen molar-refractivity contribution in [1.29, 1.82) is 0 Å². The van der Waals surface area contributed by atoms with Gasteiger partial charge < -0.3 is 21.0 Å². The van der Waals surface area contributed by atoms with Crippen molar-refractivity contribution >= 4 is 17.2 Å². The van der Waals surface area contributed by atoms with Crippen molar-refractivity contribution in [2.75, 3.05) is 12.3 Å². The van der Waals surface area contributed by atoms with Gasteiger partial charge in [-0.3, -0.25) is 0 Å². The molecular weight excluding hydrogens is 208 g/mol. The molecule has 0 atom stereocenters. The highest BCUT2D eigenvalue weighted by Crippen LogP contribution is 2.16. The summed E-state index contributed by atoms with van der Waals surface area (Å²) in [5.41, 5.74) is 12.1. The molecule has 0 radical (unpaired) electrons. The molecule has 2 heterocycles. The summed E-state index contributed by atoms with van der Waals surface area (Å²) in [5.74, 6) is -0.429. The van der Waals surface area contributed by atoms with Crippen LogP contribution < -0.4 is 11.5 Å². The Bertz CT molecular complexity index is 547. The number of nitrogens with zero attached hydrogens (tertiary/aromatic N) is 2. The van der Waals surface area contributed by atoms with Gasteiger partial charge in [0.15, 0.2) is 5.69 Å². The van der Waals surface area contributed by atoms with Crippen LogP contribution in [0.2, 0.25) is 0 Å². The van der Waals surface area contributed by atoms with Gasteiger partial charge in [0, 0.05) is 18.3 Å². The lowest BCUT2D eigenvalue weighted by molar-refractivity contribution is 0.0693. The van der Waals surface area contributed by atoms with Gasteiger partial charge in [-0.1, -0.05) is 0 Å². The fraction of sp³-hybridized carbons (Fsp3) is 0.200. The molecule has 2 aromatic heterocycles. The van der Waals surface area contributed by atoms with Crippen molar-refractivity contribution in [1.82, 2.24) is 9.38 Å². The van der Waals surface area contributed by atoms with E-state index >= 15 is 0 Å². The Labute approximate surface area is 91.5 Å². The van der Waals surface area contributed by atoms with Gasteiger partial charge in [0.05, 0.1) is 5.52 Å². The number of rotatable bonds is 3. The molecule has 6 nitrogen and oxygen atoms in total. The van der Waals surface area contributed by atoms with Gasteiger partial charge in [0.1, 0.15) is 5.82 Å². The summed E-state index contributed by atoms with van der Waals surface area (Å²) in [6, 6.07) is 3.29. The van der Waals surface area contributed by atoms with Crippen LogP contribution in [-0.4, -0.2) is 27.0 Å². The van der Waals surface area contributed by atoms with E-state index in [0.717, 1.165) is 0 Å². The van der Waals surface area contributed by atoms with Crippen LogP contribution in [0.25, 0.3) is 5.52 Å². The van der Waals surface area contributed by atoms with E-state index in [0.29, 0.717) is 30.0 Å². The second kappa shape index (κ2) is 3.82. The molecule has 0 amide bonds. The fourth-order valence-electron chi connectivity index (χ4n) is 1.63. The molecule has 0 aliphatic rings. The zero-order valence-electron chi connectivity index (χ0n) is 8.55. The minimum absolute atomic E-state index is 0.00995. The molecule has 0 aliphatic heterocycles. The molecule has 2 aromatic rings. The zero-order chi connectivity index (χ0) is 11.7. The number of carboxylic acids is 1. The van der Waals surface area contributed by atoms with E-state index in [2.05, 4.69) is 4.98 Å². The number of carboxylic acid groups (broad SMARTS) is 1. The number of pyridine rings is 1. The molecule has 0 spiro atoms. The SMILES string of the molecule is NCCc1nc(C(=O)O)c2cc(N)ccn12. The zero-order valence-corrected chi connectivity index (χ0v) is 8.55. The van der Waals surface area contributed by atoms with E-state index in [9.17, 15) is 4.79 Å². The third-order valence-electron chi connectivity index (χ3n) is 2.31. The lowest BCUT2D eigenvalue weighted by Gasteiger charge is -1.99. The lowest BCUT2D eigenvalue weighted by Crippen LogP contribution is -2.06. The Kier molecular flexibility index (Phi) is 2.49. The first-order chi connectivity index (χ1) is 7.63. The first-order valence-electron chi connectivity index (χ1n) is 4.83. The molecule has 2 rings (SSSR count). The maximum Gasteiger partial charge on any atom is 0.356 e. The number of carbonyl (C=O) groups is 1. The Morgan fingerprint density at radius 1 is 1.56 bits per heavy atom. The summed E-state index contributed by atoms with van der Waals surface area (Å²) in [7, 11) is 0. The molecule has 16 heavy (non-hydrogen) atoms. The topological polar surface area (TPSA) is 107 Å². The second-order valence-electron chi connectivity index (χ2n) is 3.44. The molecule has 84 valence electrons. The van der Waals surface area contributed by atoms with E-state index in [1.54, 1.807) is 22.7 Å². The van der Waals surface area contributed by atoms with E-state index in [1.807, 2.05) is 0 Å². The predicted molar refractivity (Wildman–Crippen MR) is 59.3 cm³/mol. The molecule has 5 N–H and O–H groups in total. The van der Waals surface area contributed by atoms with Gasteiger partial charge in [-0.2, -0.15) is 0 Å². The number of aromatic carboxylic acids is 1. The third kappa shape index (κ3) is 1.59. The van der Waals surface area contributed by atoms with Crippen LogP contribution in [0, 0.1) is 0 Å². The molecule has 0 saturated carbocycles. The van der Waals surface area contributed by atoms with Crippen LogP contribution in [0.1, 0.15) is 16.3 Å². The van der Waals surface area contributed by atoms with Gasteiger partial charge in [0.25, 0.3) is 0 Å². The minimum Gasteiger partial charge on any atom is -0.476 e. The second-order valence-corrected chi connectivity index (χ2v) is 3.44. The molecule has 0 bridgehead atoms. The fourth-order valence-corrected chi connectivity index (χ4v) is 1.63. The van der Waals surface area contributed by atoms with Crippen molar-refractivity contribution in [3.05, 3.63) is 29.8 Å². The van der Waals surface area contributed by atoms with Crippen LogP contribution in [-0.2, 0) is 6.42 Å². The van der Waals surface area contributed by atoms with Crippen molar-refractivity contribution in [3.63, 3.8) is 0 Å². The highest BCUT2D eigenvalue weighted by atomic mass is 16.4. The average Bonchev–Trinajstić information content (AvgIpc) is 2.57. The van der Waals surface area contributed by atoms with Crippen molar-refractivity contribution < 1.29 is 9.90 Å². The van der Waals surface area contributed by atoms with Crippen molar-refractivity contribution in [2.45, 2.75) is 6.42 Å². The number of hydrogen-bond acceptors (Lipinski definition) is 4. The summed E-state index contributed by atoms with van der Waals surface area (Å²) in [5, 5.41) is 9.01.